The second-order valence-corrected chi connectivity index (χ2v) is 7.72. The minimum atomic E-state index is 0.367. The molecule has 0 aromatic carbocycles. The summed E-state index contributed by atoms with van der Waals surface area (Å²) in [5, 5.41) is 0. The van der Waals surface area contributed by atoms with Crippen LogP contribution in [0, 0.1) is 0 Å². The smallest absolute Gasteiger partial charge is 0.222 e. The van der Waals surface area contributed by atoms with E-state index in [1.54, 1.807) is 0 Å². The number of amides is 1. The van der Waals surface area contributed by atoms with E-state index in [1.165, 1.54) is 77.0 Å². The Hall–Kier alpha value is -0.790. The highest BCUT2D eigenvalue weighted by Gasteiger charge is 2.10. The van der Waals surface area contributed by atoms with Gasteiger partial charge in [-0.15, -0.1) is 0 Å². The maximum atomic E-state index is 12.2. The highest BCUT2D eigenvalue weighted by atomic mass is 16.2. The van der Waals surface area contributed by atoms with Crippen LogP contribution in [0.5, 0.6) is 0 Å². The zero-order chi connectivity index (χ0) is 19.3. The Morgan fingerprint density at radius 2 is 1.08 bits per heavy atom. The second kappa shape index (κ2) is 20.5. The summed E-state index contributed by atoms with van der Waals surface area (Å²) < 4.78 is 0. The number of rotatable bonds is 19. The Kier molecular flexibility index (Phi) is 19.9. The van der Waals surface area contributed by atoms with E-state index >= 15 is 0 Å². The van der Waals surface area contributed by atoms with Crippen molar-refractivity contribution in [3.8, 4) is 0 Å². The summed E-state index contributed by atoms with van der Waals surface area (Å²) in [7, 11) is 0. The molecule has 2 heteroatoms. The van der Waals surface area contributed by atoms with Crippen molar-refractivity contribution in [2.45, 2.75) is 124 Å². The first kappa shape index (κ1) is 25.2. The van der Waals surface area contributed by atoms with E-state index in [2.05, 4.69) is 37.8 Å². The van der Waals surface area contributed by atoms with Crippen molar-refractivity contribution in [2.24, 2.45) is 0 Å². The fraction of sp³-hybridized carbons (Fsp3) is 0.875. The van der Waals surface area contributed by atoms with E-state index in [-0.39, 0.29) is 0 Å². The maximum Gasteiger partial charge on any atom is 0.222 e. The molecular weight excluding hydrogens is 318 g/mol. The van der Waals surface area contributed by atoms with Gasteiger partial charge in [-0.1, -0.05) is 84.3 Å². The number of unbranched alkanes of at least 4 members (excludes halogenated alkanes) is 11. The Bertz CT molecular complexity index is 318. The van der Waals surface area contributed by atoms with E-state index in [0.29, 0.717) is 5.91 Å². The van der Waals surface area contributed by atoms with Crippen LogP contribution >= 0.6 is 0 Å². The van der Waals surface area contributed by atoms with Crippen LogP contribution in [0.2, 0.25) is 0 Å². The number of allylic oxidation sites excluding steroid dienone is 2. The molecular formula is C24H47NO. The molecule has 0 spiro atoms. The van der Waals surface area contributed by atoms with Crippen LogP contribution < -0.4 is 0 Å². The quantitative estimate of drug-likeness (QED) is 0.170. The number of carbonyl (C=O) groups is 1. The van der Waals surface area contributed by atoms with Crippen molar-refractivity contribution in [3.05, 3.63) is 12.2 Å². The van der Waals surface area contributed by atoms with Crippen LogP contribution in [0.3, 0.4) is 0 Å². The van der Waals surface area contributed by atoms with Gasteiger partial charge in [-0.25, -0.2) is 0 Å². The van der Waals surface area contributed by atoms with Crippen molar-refractivity contribution in [1.82, 2.24) is 4.90 Å². The lowest BCUT2D eigenvalue weighted by Gasteiger charge is -2.21. The first-order valence-corrected chi connectivity index (χ1v) is 11.7. The fourth-order valence-corrected chi connectivity index (χ4v) is 3.41. The third-order valence-corrected chi connectivity index (χ3v) is 4.99. The second-order valence-electron chi connectivity index (χ2n) is 7.72. The van der Waals surface area contributed by atoms with Gasteiger partial charge in [0.2, 0.25) is 5.91 Å². The SMILES string of the molecule is CCCCCCCC/C=C/CCCCCCCC(=O)N(CCC)CCC. The van der Waals surface area contributed by atoms with Crippen molar-refractivity contribution < 1.29 is 4.79 Å². The lowest BCUT2D eigenvalue weighted by Crippen LogP contribution is -2.32. The Morgan fingerprint density at radius 1 is 0.615 bits per heavy atom. The number of hydrogen-bond acceptors (Lipinski definition) is 1. The molecule has 0 radical (unpaired) electrons. The summed E-state index contributed by atoms with van der Waals surface area (Å²) in [5.41, 5.74) is 0. The van der Waals surface area contributed by atoms with Crippen LogP contribution in [0.1, 0.15) is 124 Å². The zero-order valence-corrected chi connectivity index (χ0v) is 18.2. The molecule has 0 rings (SSSR count). The molecule has 26 heavy (non-hydrogen) atoms. The number of hydrogen-bond donors (Lipinski definition) is 0. The van der Waals surface area contributed by atoms with E-state index in [9.17, 15) is 4.79 Å². The van der Waals surface area contributed by atoms with Crippen LogP contribution in [-0.2, 0) is 4.79 Å². The lowest BCUT2D eigenvalue weighted by molar-refractivity contribution is -0.131. The summed E-state index contributed by atoms with van der Waals surface area (Å²) >= 11 is 0. The summed E-state index contributed by atoms with van der Waals surface area (Å²) in [4.78, 5) is 14.2. The monoisotopic (exact) mass is 365 g/mol. The molecule has 0 fully saturated rings. The molecule has 0 aliphatic rings. The van der Waals surface area contributed by atoms with Crippen LogP contribution in [0.4, 0.5) is 0 Å². The maximum absolute atomic E-state index is 12.2. The number of nitrogens with zero attached hydrogens (tertiary/aromatic N) is 1. The highest BCUT2D eigenvalue weighted by molar-refractivity contribution is 5.76. The topological polar surface area (TPSA) is 20.3 Å². The molecule has 0 aromatic heterocycles. The molecule has 0 atom stereocenters. The molecule has 0 saturated carbocycles. The predicted octanol–water partition coefficient (Wildman–Crippen LogP) is 7.67. The van der Waals surface area contributed by atoms with E-state index in [1.807, 2.05) is 0 Å². The van der Waals surface area contributed by atoms with Gasteiger partial charge < -0.3 is 4.90 Å². The van der Waals surface area contributed by atoms with E-state index in [0.717, 1.165) is 38.8 Å². The van der Waals surface area contributed by atoms with Gasteiger partial charge in [-0.05, 0) is 44.9 Å². The normalized spacial score (nSPS) is 11.3. The predicted molar refractivity (Wildman–Crippen MR) is 117 cm³/mol. The molecule has 0 unspecified atom stereocenters. The van der Waals surface area contributed by atoms with Crippen molar-refractivity contribution in [3.63, 3.8) is 0 Å². The number of carbonyl (C=O) groups excluding carboxylic acids is 1. The molecule has 0 heterocycles. The van der Waals surface area contributed by atoms with Crippen LogP contribution in [0.25, 0.3) is 0 Å². The fourth-order valence-electron chi connectivity index (χ4n) is 3.41. The minimum Gasteiger partial charge on any atom is -0.343 e. The average molecular weight is 366 g/mol. The summed E-state index contributed by atoms with van der Waals surface area (Å²) in [5.74, 6) is 0.367. The van der Waals surface area contributed by atoms with Gasteiger partial charge in [0.15, 0.2) is 0 Å². The first-order valence-electron chi connectivity index (χ1n) is 11.7. The van der Waals surface area contributed by atoms with Crippen molar-refractivity contribution in [2.75, 3.05) is 13.1 Å². The van der Waals surface area contributed by atoms with Gasteiger partial charge >= 0.3 is 0 Å². The van der Waals surface area contributed by atoms with E-state index < -0.39 is 0 Å². The molecule has 0 bridgehead atoms. The minimum absolute atomic E-state index is 0.367. The molecule has 0 aromatic rings. The molecule has 1 amide bonds. The van der Waals surface area contributed by atoms with E-state index in [4.69, 9.17) is 0 Å². The first-order chi connectivity index (χ1) is 12.8. The Balaban J connectivity index is 3.39. The summed E-state index contributed by atoms with van der Waals surface area (Å²) in [6.45, 7) is 8.43. The third-order valence-electron chi connectivity index (χ3n) is 4.99. The molecule has 0 aliphatic heterocycles. The van der Waals surface area contributed by atoms with Crippen LogP contribution in [-0.4, -0.2) is 23.9 Å². The molecule has 2 nitrogen and oxygen atoms in total. The van der Waals surface area contributed by atoms with Gasteiger partial charge in [0.25, 0.3) is 0 Å². The third kappa shape index (κ3) is 16.7. The molecule has 0 saturated heterocycles. The largest absolute Gasteiger partial charge is 0.343 e. The van der Waals surface area contributed by atoms with Gasteiger partial charge in [-0.3, -0.25) is 4.79 Å². The summed E-state index contributed by atoms with van der Waals surface area (Å²) in [6, 6.07) is 0. The van der Waals surface area contributed by atoms with Gasteiger partial charge in [0.1, 0.15) is 0 Å². The van der Waals surface area contributed by atoms with Gasteiger partial charge in [0.05, 0.1) is 0 Å². The highest BCUT2D eigenvalue weighted by Crippen LogP contribution is 2.11. The van der Waals surface area contributed by atoms with Crippen LogP contribution in [0.15, 0.2) is 12.2 Å². The summed E-state index contributed by atoms with van der Waals surface area (Å²) in [6.07, 6.45) is 24.6. The zero-order valence-electron chi connectivity index (χ0n) is 18.2. The molecule has 0 N–H and O–H groups in total. The van der Waals surface area contributed by atoms with Gasteiger partial charge in [-0.2, -0.15) is 0 Å². The van der Waals surface area contributed by atoms with Gasteiger partial charge in [0, 0.05) is 19.5 Å². The standard InChI is InChI=1S/C24H47NO/c1-4-7-8-9-10-11-12-13-14-15-16-17-18-19-20-21-24(26)25(22-5-2)23-6-3/h13-14H,4-12,15-23H2,1-3H3/b14-13+. The van der Waals surface area contributed by atoms with Crippen molar-refractivity contribution >= 4 is 5.91 Å². The molecule has 0 aliphatic carbocycles. The van der Waals surface area contributed by atoms with Crippen molar-refractivity contribution in [1.29, 1.82) is 0 Å². The Labute approximate surface area is 164 Å². The lowest BCUT2D eigenvalue weighted by atomic mass is 10.1. The Morgan fingerprint density at radius 3 is 1.58 bits per heavy atom. The molecule has 154 valence electrons. The average Bonchev–Trinajstić information content (AvgIpc) is 2.64.